The number of nitrogens with zero attached hydrogens (tertiary/aromatic N) is 1. The Morgan fingerprint density at radius 3 is 2.79 bits per heavy atom. The minimum Gasteiger partial charge on any atom is -0.494 e. The summed E-state index contributed by atoms with van der Waals surface area (Å²) in [7, 11) is 0. The van der Waals surface area contributed by atoms with Crippen molar-refractivity contribution in [1.82, 2.24) is 5.32 Å². The Kier molecular flexibility index (Phi) is 4.96. The number of hydrogen-bond donors (Lipinski definition) is 1. The van der Waals surface area contributed by atoms with Crippen molar-refractivity contribution in [2.45, 2.75) is 6.92 Å². The maximum atomic E-state index is 12.9. The molecule has 2 aromatic rings. The van der Waals surface area contributed by atoms with Crippen molar-refractivity contribution < 1.29 is 13.9 Å². The van der Waals surface area contributed by atoms with E-state index >= 15 is 0 Å². The zero-order valence-corrected chi connectivity index (χ0v) is 13.8. The van der Waals surface area contributed by atoms with Gasteiger partial charge in [0.25, 0.3) is 5.91 Å². The fraction of sp³-hybridized carbons (Fsp3) is 0.111. The van der Waals surface area contributed by atoms with Gasteiger partial charge in [0.1, 0.15) is 11.6 Å². The Morgan fingerprint density at radius 2 is 2.04 bits per heavy atom. The van der Waals surface area contributed by atoms with Gasteiger partial charge in [-0.3, -0.25) is 4.79 Å². The molecule has 0 bridgehead atoms. The van der Waals surface area contributed by atoms with Crippen LogP contribution in [0.1, 0.15) is 12.5 Å². The van der Waals surface area contributed by atoms with Gasteiger partial charge in [0, 0.05) is 0 Å². The van der Waals surface area contributed by atoms with Gasteiger partial charge in [0.05, 0.1) is 17.2 Å². The molecule has 0 aromatic heterocycles. The van der Waals surface area contributed by atoms with E-state index in [4.69, 9.17) is 4.74 Å². The first-order chi connectivity index (χ1) is 11.6. The largest absolute Gasteiger partial charge is 0.494 e. The van der Waals surface area contributed by atoms with Crippen molar-refractivity contribution in [2.75, 3.05) is 6.61 Å². The Bertz CT molecular complexity index is 816. The van der Waals surface area contributed by atoms with Gasteiger partial charge in [-0.15, -0.1) is 0 Å². The van der Waals surface area contributed by atoms with E-state index in [9.17, 15) is 9.18 Å². The number of amidine groups is 1. The van der Waals surface area contributed by atoms with Crippen molar-refractivity contribution in [3.63, 3.8) is 0 Å². The number of aliphatic imine (C=N–C) groups is 1. The fourth-order valence-corrected chi connectivity index (χ4v) is 2.97. The van der Waals surface area contributed by atoms with Crippen LogP contribution in [0.5, 0.6) is 5.75 Å². The molecule has 0 spiro atoms. The van der Waals surface area contributed by atoms with E-state index in [0.29, 0.717) is 22.4 Å². The molecule has 0 atom stereocenters. The molecule has 6 heteroatoms. The van der Waals surface area contributed by atoms with Gasteiger partial charge in [-0.1, -0.05) is 12.1 Å². The van der Waals surface area contributed by atoms with Gasteiger partial charge >= 0.3 is 0 Å². The lowest BCUT2D eigenvalue weighted by Crippen LogP contribution is -2.19. The van der Waals surface area contributed by atoms with Gasteiger partial charge in [0.2, 0.25) is 0 Å². The van der Waals surface area contributed by atoms with Crippen molar-refractivity contribution in [1.29, 1.82) is 0 Å². The summed E-state index contributed by atoms with van der Waals surface area (Å²) >= 11 is 1.25. The summed E-state index contributed by atoms with van der Waals surface area (Å²) in [5.74, 6) is 0.231. The Labute approximate surface area is 143 Å². The summed E-state index contributed by atoms with van der Waals surface area (Å²) in [5, 5.41) is 3.18. The number of halogens is 1. The highest BCUT2D eigenvalue weighted by Crippen LogP contribution is 2.28. The van der Waals surface area contributed by atoms with Gasteiger partial charge in [-0.2, -0.15) is 0 Å². The number of rotatable bonds is 4. The van der Waals surface area contributed by atoms with E-state index < -0.39 is 0 Å². The molecule has 3 rings (SSSR count). The molecular weight excluding hydrogens is 327 g/mol. The number of ether oxygens (including phenoxy) is 1. The molecule has 0 unspecified atom stereocenters. The minimum atomic E-state index is -0.322. The quantitative estimate of drug-likeness (QED) is 0.851. The molecule has 0 radical (unpaired) electrons. The third kappa shape index (κ3) is 4.02. The van der Waals surface area contributed by atoms with E-state index in [1.54, 1.807) is 18.2 Å². The van der Waals surface area contributed by atoms with Crippen molar-refractivity contribution >= 4 is 34.6 Å². The van der Waals surface area contributed by atoms with Gasteiger partial charge in [-0.25, -0.2) is 9.38 Å². The first-order valence-corrected chi connectivity index (χ1v) is 8.24. The highest BCUT2D eigenvalue weighted by Gasteiger charge is 2.23. The topological polar surface area (TPSA) is 50.7 Å². The van der Waals surface area contributed by atoms with Crippen molar-refractivity contribution in [3.8, 4) is 5.75 Å². The molecule has 1 fully saturated rings. The molecule has 122 valence electrons. The molecular formula is C18H15FN2O2S. The number of thioether (sulfide) groups is 1. The maximum Gasteiger partial charge on any atom is 0.264 e. The van der Waals surface area contributed by atoms with Crippen LogP contribution in [-0.4, -0.2) is 17.7 Å². The average Bonchev–Trinajstić information content (AvgIpc) is 2.90. The summed E-state index contributed by atoms with van der Waals surface area (Å²) in [6, 6.07) is 13.3. The van der Waals surface area contributed by atoms with Gasteiger partial charge in [-0.05, 0) is 66.7 Å². The van der Waals surface area contributed by atoms with Crippen LogP contribution in [0.15, 0.2) is 58.4 Å². The lowest BCUT2D eigenvalue weighted by atomic mass is 10.2. The van der Waals surface area contributed by atoms with Crippen LogP contribution in [0.4, 0.5) is 10.1 Å². The van der Waals surface area contributed by atoms with Gasteiger partial charge in [0.15, 0.2) is 5.17 Å². The lowest BCUT2D eigenvalue weighted by molar-refractivity contribution is -0.115. The van der Waals surface area contributed by atoms with Crippen LogP contribution in [0.2, 0.25) is 0 Å². The van der Waals surface area contributed by atoms with Crippen molar-refractivity contribution in [3.05, 3.63) is 64.8 Å². The first kappa shape index (κ1) is 16.3. The number of carbonyl (C=O) groups is 1. The third-order valence-corrected chi connectivity index (χ3v) is 4.08. The van der Waals surface area contributed by atoms with Crippen LogP contribution in [-0.2, 0) is 4.79 Å². The molecule has 1 aliphatic rings. The summed E-state index contributed by atoms with van der Waals surface area (Å²) < 4.78 is 18.4. The van der Waals surface area contributed by atoms with E-state index in [0.717, 1.165) is 11.3 Å². The maximum absolute atomic E-state index is 12.9. The zero-order chi connectivity index (χ0) is 16.9. The van der Waals surface area contributed by atoms with E-state index in [2.05, 4.69) is 10.3 Å². The van der Waals surface area contributed by atoms with Crippen LogP contribution in [0, 0.1) is 5.82 Å². The van der Waals surface area contributed by atoms with Crippen LogP contribution in [0.25, 0.3) is 6.08 Å². The second-order valence-electron chi connectivity index (χ2n) is 4.96. The standard InChI is InChI=1S/C18H15FN2O2S/c1-2-23-15-5-3-4-12(10-15)11-16-17(22)21-18(24-16)20-14-8-6-13(19)7-9-14/h3-11H,2H2,1H3,(H,20,21,22)/b16-11+. The van der Waals surface area contributed by atoms with E-state index in [-0.39, 0.29) is 11.7 Å². The average molecular weight is 342 g/mol. The molecule has 1 aliphatic heterocycles. The molecule has 2 aromatic carbocycles. The number of benzene rings is 2. The Hall–Kier alpha value is -2.60. The summed E-state index contributed by atoms with van der Waals surface area (Å²) in [6.45, 7) is 2.51. The second-order valence-corrected chi connectivity index (χ2v) is 5.99. The third-order valence-electron chi connectivity index (χ3n) is 3.18. The highest BCUT2D eigenvalue weighted by molar-refractivity contribution is 8.18. The Morgan fingerprint density at radius 1 is 1.25 bits per heavy atom. The van der Waals surface area contributed by atoms with Crippen LogP contribution >= 0.6 is 11.8 Å². The first-order valence-electron chi connectivity index (χ1n) is 7.42. The normalized spacial score (nSPS) is 17.3. The molecule has 1 N–H and O–H groups in total. The molecule has 1 amide bonds. The summed E-state index contributed by atoms with van der Waals surface area (Å²) in [4.78, 5) is 16.9. The second kappa shape index (κ2) is 7.31. The Balaban J connectivity index is 1.79. The van der Waals surface area contributed by atoms with E-state index in [1.165, 1.54) is 23.9 Å². The van der Waals surface area contributed by atoms with Gasteiger partial charge < -0.3 is 10.1 Å². The monoisotopic (exact) mass is 342 g/mol. The summed E-state index contributed by atoms with van der Waals surface area (Å²) in [6.07, 6.45) is 1.79. The van der Waals surface area contributed by atoms with Crippen LogP contribution in [0.3, 0.4) is 0 Å². The molecule has 24 heavy (non-hydrogen) atoms. The lowest BCUT2D eigenvalue weighted by Gasteiger charge is -2.03. The minimum absolute atomic E-state index is 0.206. The van der Waals surface area contributed by atoms with Crippen LogP contribution < -0.4 is 10.1 Å². The van der Waals surface area contributed by atoms with Crippen molar-refractivity contribution in [2.24, 2.45) is 4.99 Å². The molecule has 0 aliphatic carbocycles. The molecule has 1 heterocycles. The number of nitrogens with one attached hydrogen (secondary N) is 1. The number of hydrogen-bond acceptors (Lipinski definition) is 4. The highest BCUT2D eigenvalue weighted by atomic mass is 32.2. The van der Waals surface area contributed by atoms with E-state index in [1.807, 2.05) is 31.2 Å². The predicted molar refractivity (Wildman–Crippen MR) is 94.8 cm³/mol. The number of carbonyl (C=O) groups excluding carboxylic acids is 1. The molecule has 0 saturated carbocycles. The summed E-state index contributed by atoms with van der Waals surface area (Å²) in [5.41, 5.74) is 1.46. The SMILES string of the molecule is CCOc1cccc(/C=C2/SC(=Nc3ccc(F)cc3)NC2=O)c1. The number of amides is 1. The molecule has 1 saturated heterocycles. The predicted octanol–water partition coefficient (Wildman–Crippen LogP) is 4.12. The zero-order valence-electron chi connectivity index (χ0n) is 13.0. The molecule has 4 nitrogen and oxygen atoms in total. The smallest absolute Gasteiger partial charge is 0.264 e. The fourth-order valence-electron chi connectivity index (χ4n) is 2.13.